The second-order valence-corrected chi connectivity index (χ2v) is 6.37. The van der Waals surface area contributed by atoms with Crippen LogP contribution in [0.3, 0.4) is 0 Å². The molecule has 4 heteroatoms. The van der Waals surface area contributed by atoms with Gasteiger partial charge in [0.05, 0.1) is 12.1 Å². The van der Waals surface area contributed by atoms with Crippen LogP contribution in [0.25, 0.3) is 0 Å². The first-order valence-corrected chi connectivity index (χ1v) is 8.09. The molecule has 0 saturated heterocycles. The van der Waals surface area contributed by atoms with Crippen LogP contribution in [0.15, 0.2) is 18.2 Å². The molecule has 0 bridgehead atoms. The van der Waals surface area contributed by atoms with Crippen LogP contribution in [-0.4, -0.2) is 41.2 Å². The standard InChI is InChI=1S/C18H27NO3/c1-12-9-10-15(11-13(12)2)22-14(3)18(21)19(4)16-7-5-6-8-17(16)20/h9-11,14,16-17,20H,5-8H2,1-4H3/t14-,16+,17+/m1/s1. The fourth-order valence-corrected chi connectivity index (χ4v) is 3.04. The molecule has 0 aromatic heterocycles. The van der Waals surface area contributed by atoms with Gasteiger partial charge >= 0.3 is 0 Å². The van der Waals surface area contributed by atoms with Crippen LogP contribution < -0.4 is 4.74 Å². The van der Waals surface area contributed by atoms with Crippen LogP contribution in [0.4, 0.5) is 0 Å². The van der Waals surface area contributed by atoms with Crippen molar-refractivity contribution in [3.05, 3.63) is 29.3 Å². The van der Waals surface area contributed by atoms with Crippen molar-refractivity contribution in [1.29, 1.82) is 0 Å². The molecule has 1 aromatic carbocycles. The third-order valence-corrected chi connectivity index (χ3v) is 4.68. The summed E-state index contributed by atoms with van der Waals surface area (Å²) in [5, 5.41) is 10.1. The number of carbonyl (C=O) groups is 1. The average molecular weight is 305 g/mol. The molecule has 1 aliphatic rings. The van der Waals surface area contributed by atoms with Crippen LogP contribution in [-0.2, 0) is 4.79 Å². The van der Waals surface area contributed by atoms with Crippen LogP contribution in [0, 0.1) is 13.8 Å². The lowest BCUT2D eigenvalue weighted by molar-refractivity contribution is -0.142. The highest BCUT2D eigenvalue weighted by Crippen LogP contribution is 2.24. The highest BCUT2D eigenvalue weighted by atomic mass is 16.5. The molecule has 1 saturated carbocycles. The minimum atomic E-state index is -0.554. The monoisotopic (exact) mass is 305 g/mol. The van der Waals surface area contributed by atoms with Gasteiger partial charge < -0.3 is 14.7 Å². The summed E-state index contributed by atoms with van der Waals surface area (Å²) in [5.74, 6) is 0.630. The van der Waals surface area contributed by atoms with Gasteiger partial charge in [-0.15, -0.1) is 0 Å². The van der Waals surface area contributed by atoms with Crippen molar-refractivity contribution in [1.82, 2.24) is 4.90 Å². The lowest BCUT2D eigenvalue weighted by Gasteiger charge is -2.36. The van der Waals surface area contributed by atoms with Gasteiger partial charge in [-0.3, -0.25) is 4.79 Å². The molecule has 4 nitrogen and oxygen atoms in total. The van der Waals surface area contributed by atoms with Crippen molar-refractivity contribution < 1.29 is 14.6 Å². The zero-order valence-electron chi connectivity index (χ0n) is 14.0. The molecule has 1 fully saturated rings. The van der Waals surface area contributed by atoms with E-state index >= 15 is 0 Å². The quantitative estimate of drug-likeness (QED) is 0.930. The molecule has 2 rings (SSSR count). The van der Waals surface area contributed by atoms with E-state index in [1.165, 1.54) is 5.56 Å². The van der Waals surface area contributed by atoms with Gasteiger partial charge in [0.15, 0.2) is 6.10 Å². The number of rotatable bonds is 4. The second-order valence-electron chi connectivity index (χ2n) is 6.37. The fourth-order valence-electron chi connectivity index (χ4n) is 3.04. The summed E-state index contributed by atoms with van der Waals surface area (Å²) in [4.78, 5) is 14.2. The van der Waals surface area contributed by atoms with Gasteiger partial charge in [-0.2, -0.15) is 0 Å². The number of likely N-dealkylation sites (N-methyl/N-ethyl adjacent to an activating group) is 1. The molecule has 122 valence electrons. The van der Waals surface area contributed by atoms with Crippen LogP contribution in [0.2, 0.25) is 0 Å². The first-order chi connectivity index (χ1) is 10.4. The van der Waals surface area contributed by atoms with Crippen LogP contribution in [0.5, 0.6) is 5.75 Å². The van der Waals surface area contributed by atoms with E-state index in [0.29, 0.717) is 5.75 Å². The molecule has 3 atom stereocenters. The number of nitrogens with zero attached hydrogens (tertiary/aromatic N) is 1. The molecule has 1 amide bonds. The average Bonchev–Trinajstić information content (AvgIpc) is 2.50. The minimum absolute atomic E-state index is 0.0795. The van der Waals surface area contributed by atoms with Crippen molar-refractivity contribution >= 4 is 5.91 Å². The minimum Gasteiger partial charge on any atom is -0.481 e. The maximum absolute atomic E-state index is 12.5. The van der Waals surface area contributed by atoms with Crippen LogP contribution >= 0.6 is 0 Å². The van der Waals surface area contributed by atoms with Crippen molar-refractivity contribution in [2.75, 3.05) is 7.05 Å². The lowest BCUT2D eigenvalue weighted by atomic mass is 9.91. The van der Waals surface area contributed by atoms with Gasteiger partial charge in [0.1, 0.15) is 5.75 Å². The summed E-state index contributed by atoms with van der Waals surface area (Å²) in [5.41, 5.74) is 2.35. The SMILES string of the molecule is Cc1ccc(O[C@H](C)C(=O)N(C)[C@H]2CCCC[C@@H]2O)cc1C. The number of aliphatic hydroxyl groups is 1. The molecule has 1 aliphatic carbocycles. The van der Waals surface area contributed by atoms with E-state index < -0.39 is 12.2 Å². The predicted octanol–water partition coefficient (Wildman–Crippen LogP) is 2.83. The van der Waals surface area contributed by atoms with E-state index in [0.717, 1.165) is 31.2 Å². The maximum atomic E-state index is 12.5. The summed E-state index contributed by atoms with van der Waals surface area (Å²) in [6.45, 7) is 5.84. The molecule has 0 aliphatic heterocycles. The molecule has 0 unspecified atom stereocenters. The van der Waals surface area contributed by atoms with Crippen molar-refractivity contribution in [2.24, 2.45) is 0 Å². The second kappa shape index (κ2) is 7.14. The zero-order valence-corrected chi connectivity index (χ0v) is 14.0. The number of aliphatic hydroxyl groups excluding tert-OH is 1. The summed E-state index contributed by atoms with van der Waals surface area (Å²) in [6, 6.07) is 5.75. The molecule has 1 N–H and O–H groups in total. The van der Waals surface area contributed by atoms with E-state index in [1.807, 2.05) is 32.0 Å². The largest absolute Gasteiger partial charge is 0.481 e. The number of aryl methyl sites for hydroxylation is 2. The van der Waals surface area contributed by atoms with E-state index in [1.54, 1.807) is 18.9 Å². The summed E-state index contributed by atoms with van der Waals surface area (Å²) in [6.07, 6.45) is 2.76. The van der Waals surface area contributed by atoms with E-state index in [9.17, 15) is 9.90 Å². The normalized spacial score (nSPS) is 23.0. The number of amides is 1. The Bertz CT molecular complexity index is 529. The highest BCUT2D eigenvalue weighted by molar-refractivity contribution is 5.81. The Balaban J connectivity index is 2.00. The number of carbonyl (C=O) groups excluding carboxylic acids is 1. The highest BCUT2D eigenvalue weighted by Gasteiger charge is 2.31. The van der Waals surface area contributed by atoms with Gasteiger partial charge in [0, 0.05) is 7.05 Å². The van der Waals surface area contributed by atoms with Crippen molar-refractivity contribution in [3.63, 3.8) is 0 Å². The third-order valence-electron chi connectivity index (χ3n) is 4.68. The summed E-state index contributed by atoms with van der Waals surface area (Å²) < 4.78 is 5.79. The molecule has 0 heterocycles. The molecular weight excluding hydrogens is 278 g/mol. The Kier molecular flexibility index (Phi) is 5.46. The Hall–Kier alpha value is -1.55. The third kappa shape index (κ3) is 3.80. The predicted molar refractivity (Wildman–Crippen MR) is 87.0 cm³/mol. The van der Waals surface area contributed by atoms with Gasteiger partial charge in [-0.25, -0.2) is 0 Å². The smallest absolute Gasteiger partial charge is 0.263 e. The zero-order chi connectivity index (χ0) is 16.3. The van der Waals surface area contributed by atoms with Gasteiger partial charge in [-0.05, 0) is 56.9 Å². The molecule has 0 spiro atoms. The van der Waals surface area contributed by atoms with Gasteiger partial charge in [0.2, 0.25) is 0 Å². The first kappa shape index (κ1) is 16.8. The van der Waals surface area contributed by atoms with E-state index in [2.05, 4.69) is 0 Å². The van der Waals surface area contributed by atoms with Crippen LogP contribution in [0.1, 0.15) is 43.7 Å². The summed E-state index contributed by atoms with van der Waals surface area (Å²) in [7, 11) is 1.77. The van der Waals surface area contributed by atoms with Crippen molar-refractivity contribution in [3.8, 4) is 5.75 Å². The Morgan fingerprint density at radius 3 is 2.59 bits per heavy atom. The van der Waals surface area contributed by atoms with Gasteiger partial charge in [-0.1, -0.05) is 18.9 Å². The fraction of sp³-hybridized carbons (Fsp3) is 0.611. The first-order valence-electron chi connectivity index (χ1n) is 8.09. The number of hydrogen-bond donors (Lipinski definition) is 1. The molecular formula is C18H27NO3. The Morgan fingerprint density at radius 2 is 1.95 bits per heavy atom. The topological polar surface area (TPSA) is 49.8 Å². The number of benzene rings is 1. The van der Waals surface area contributed by atoms with Crippen molar-refractivity contribution in [2.45, 2.75) is 64.7 Å². The van der Waals surface area contributed by atoms with E-state index in [4.69, 9.17) is 4.74 Å². The Labute approximate surface area is 133 Å². The number of hydrogen-bond acceptors (Lipinski definition) is 3. The molecule has 22 heavy (non-hydrogen) atoms. The number of ether oxygens (including phenoxy) is 1. The van der Waals surface area contributed by atoms with Gasteiger partial charge in [0.25, 0.3) is 5.91 Å². The lowest BCUT2D eigenvalue weighted by Crippen LogP contribution is -2.50. The Morgan fingerprint density at radius 1 is 1.27 bits per heavy atom. The molecule has 1 aromatic rings. The maximum Gasteiger partial charge on any atom is 0.263 e. The summed E-state index contributed by atoms with van der Waals surface area (Å²) >= 11 is 0. The molecule has 0 radical (unpaired) electrons. The van der Waals surface area contributed by atoms with E-state index in [-0.39, 0.29) is 11.9 Å².